The number of aromatic hydroxyl groups is 1. The molecule has 248 valence electrons. The molecule has 0 aromatic heterocycles. The monoisotopic (exact) mass is 633 g/mol. The van der Waals surface area contributed by atoms with E-state index in [9.17, 15) is 24.9 Å². The fourth-order valence-electron chi connectivity index (χ4n) is 5.68. The van der Waals surface area contributed by atoms with Gasteiger partial charge in [-0.1, -0.05) is 61.9 Å². The lowest BCUT2D eigenvalue weighted by molar-refractivity contribution is -0.276. The van der Waals surface area contributed by atoms with Crippen molar-refractivity contribution in [3.8, 4) is 5.75 Å². The fourth-order valence-corrected chi connectivity index (χ4v) is 5.68. The largest absolute Gasteiger partial charge is 0.508 e. The maximum Gasteiger partial charge on any atom is 0.224 e. The maximum absolute atomic E-state index is 12.7. The zero-order chi connectivity index (χ0) is 33.1. The Hall–Kier alpha value is -3.80. The number of ether oxygens (including phenoxy) is 2. The number of likely N-dealkylation sites (N-methyl/N-ethyl adjacent to an activating group) is 1. The number of nitrogens with one attached hydrogen (secondary N) is 2. The summed E-state index contributed by atoms with van der Waals surface area (Å²) in [4.78, 5) is 25.7. The normalized spacial score (nSPS) is 20.3. The quantitative estimate of drug-likeness (QED) is 0.148. The van der Waals surface area contributed by atoms with E-state index in [1.165, 1.54) is 6.92 Å². The van der Waals surface area contributed by atoms with E-state index >= 15 is 0 Å². The number of anilines is 1. The average molecular weight is 634 g/mol. The van der Waals surface area contributed by atoms with Crippen molar-refractivity contribution in [2.45, 2.75) is 70.7 Å². The van der Waals surface area contributed by atoms with Crippen LogP contribution in [0.2, 0.25) is 0 Å². The summed E-state index contributed by atoms with van der Waals surface area (Å²) in [5.74, 6) is -0.0748. The lowest BCUT2D eigenvalue weighted by Gasteiger charge is -2.42. The first-order valence-corrected chi connectivity index (χ1v) is 15.9. The molecule has 0 bridgehead atoms. The van der Waals surface area contributed by atoms with Crippen molar-refractivity contribution in [2.24, 2.45) is 5.92 Å². The standard InChI is InChI=1S/C36H47N3O7/c1-24-33(22-39(3)21-32(43)28-9-8-12-31(42)20-28)45-36(46-35(24)27-16-14-26(23-40)15-17-27)29-10-7-11-30(19-29)38-34(44)13-5-4-6-18-37-25(2)41/h7-12,14-17,19-20,24,32-33,35-36,40,42-43H,4-6,13,18,21-23H2,1-3H3,(H,37,41)(H,38,44)/t24-,32+,33+,35+,36+/m0/s1. The number of amides is 2. The molecule has 46 heavy (non-hydrogen) atoms. The molecule has 1 heterocycles. The highest BCUT2D eigenvalue weighted by Gasteiger charge is 2.39. The molecule has 5 atom stereocenters. The fraction of sp³-hybridized carbons (Fsp3) is 0.444. The van der Waals surface area contributed by atoms with Gasteiger partial charge >= 0.3 is 0 Å². The number of rotatable bonds is 15. The molecule has 5 N–H and O–H groups in total. The van der Waals surface area contributed by atoms with Gasteiger partial charge in [0.15, 0.2) is 6.29 Å². The molecule has 0 spiro atoms. The Labute approximate surface area is 271 Å². The second kappa shape index (κ2) is 17.2. The number of aliphatic hydroxyl groups is 2. The van der Waals surface area contributed by atoms with Gasteiger partial charge in [-0.25, -0.2) is 0 Å². The van der Waals surface area contributed by atoms with E-state index in [1.807, 2.05) is 60.5 Å². The number of unbranched alkanes of at least 4 members (excludes halogenated alkanes) is 2. The van der Waals surface area contributed by atoms with Crippen LogP contribution in [0, 0.1) is 5.92 Å². The summed E-state index contributed by atoms with van der Waals surface area (Å²) < 4.78 is 13.1. The number of carbonyl (C=O) groups is 2. The van der Waals surface area contributed by atoms with Crippen LogP contribution in [0.3, 0.4) is 0 Å². The van der Waals surface area contributed by atoms with Crippen LogP contribution in [0.25, 0.3) is 0 Å². The summed E-state index contributed by atoms with van der Waals surface area (Å²) in [6, 6.07) is 21.8. The predicted octanol–water partition coefficient (Wildman–Crippen LogP) is 4.98. The number of hydrogen-bond donors (Lipinski definition) is 5. The van der Waals surface area contributed by atoms with Gasteiger partial charge in [0.2, 0.25) is 11.8 Å². The highest BCUT2D eigenvalue weighted by Crippen LogP contribution is 2.42. The van der Waals surface area contributed by atoms with Gasteiger partial charge in [-0.15, -0.1) is 0 Å². The molecule has 2 amide bonds. The third kappa shape index (κ3) is 10.4. The van der Waals surface area contributed by atoms with Gasteiger partial charge in [0.05, 0.1) is 24.9 Å². The van der Waals surface area contributed by atoms with Crippen molar-refractivity contribution in [1.82, 2.24) is 10.2 Å². The summed E-state index contributed by atoms with van der Waals surface area (Å²) in [5.41, 5.74) is 3.83. The van der Waals surface area contributed by atoms with Crippen LogP contribution in [0.5, 0.6) is 5.75 Å². The summed E-state index contributed by atoms with van der Waals surface area (Å²) in [7, 11) is 1.92. The molecule has 0 saturated carbocycles. The number of hydrogen-bond acceptors (Lipinski definition) is 8. The summed E-state index contributed by atoms with van der Waals surface area (Å²) >= 11 is 0. The van der Waals surface area contributed by atoms with Gasteiger partial charge in [0.25, 0.3) is 0 Å². The predicted molar refractivity (Wildman–Crippen MR) is 176 cm³/mol. The van der Waals surface area contributed by atoms with E-state index in [0.717, 1.165) is 36.0 Å². The van der Waals surface area contributed by atoms with Crippen LogP contribution >= 0.6 is 0 Å². The van der Waals surface area contributed by atoms with Crippen molar-refractivity contribution >= 4 is 17.5 Å². The maximum atomic E-state index is 12.7. The van der Waals surface area contributed by atoms with Crippen molar-refractivity contribution < 1.29 is 34.4 Å². The lowest BCUT2D eigenvalue weighted by atomic mass is 9.90. The molecule has 3 aromatic rings. The molecular weight excluding hydrogens is 586 g/mol. The number of carbonyl (C=O) groups excluding carboxylic acids is 2. The molecule has 4 rings (SSSR count). The van der Waals surface area contributed by atoms with E-state index in [1.54, 1.807) is 24.3 Å². The molecular formula is C36H47N3O7. The molecule has 10 heteroatoms. The molecule has 1 aliphatic heterocycles. The number of phenols is 1. The van der Waals surface area contributed by atoms with Crippen molar-refractivity contribution in [3.05, 3.63) is 95.1 Å². The smallest absolute Gasteiger partial charge is 0.224 e. The molecule has 1 fully saturated rings. The van der Waals surface area contributed by atoms with Gasteiger partial charge in [-0.2, -0.15) is 0 Å². The molecule has 0 radical (unpaired) electrons. The van der Waals surface area contributed by atoms with E-state index in [-0.39, 0.29) is 42.3 Å². The first kappa shape index (κ1) is 35.1. The second-order valence-electron chi connectivity index (χ2n) is 12.1. The van der Waals surface area contributed by atoms with Gasteiger partial charge in [0, 0.05) is 50.1 Å². The molecule has 1 aliphatic rings. The Balaban J connectivity index is 1.45. The van der Waals surface area contributed by atoms with Crippen LogP contribution < -0.4 is 10.6 Å². The van der Waals surface area contributed by atoms with Gasteiger partial charge in [-0.3, -0.25) is 9.59 Å². The topological polar surface area (TPSA) is 141 Å². The minimum absolute atomic E-state index is 0.0440. The Bertz CT molecular complexity index is 1420. The van der Waals surface area contributed by atoms with E-state index in [0.29, 0.717) is 37.3 Å². The van der Waals surface area contributed by atoms with Gasteiger partial charge < -0.3 is 40.3 Å². The highest BCUT2D eigenvalue weighted by molar-refractivity contribution is 5.90. The molecule has 1 saturated heterocycles. The van der Waals surface area contributed by atoms with Crippen molar-refractivity contribution in [3.63, 3.8) is 0 Å². The number of phenolic OH excluding ortho intramolecular Hbond substituents is 1. The number of nitrogens with zero attached hydrogens (tertiary/aromatic N) is 1. The minimum Gasteiger partial charge on any atom is -0.508 e. The first-order valence-electron chi connectivity index (χ1n) is 15.9. The summed E-state index contributed by atoms with van der Waals surface area (Å²) in [6.07, 6.45) is 0.705. The molecule has 0 aliphatic carbocycles. The van der Waals surface area contributed by atoms with Gasteiger partial charge in [0.1, 0.15) is 5.75 Å². The van der Waals surface area contributed by atoms with Crippen LogP contribution in [-0.2, 0) is 25.7 Å². The number of benzene rings is 3. The van der Waals surface area contributed by atoms with E-state index in [4.69, 9.17) is 9.47 Å². The molecule has 0 unspecified atom stereocenters. The van der Waals surface area contributed by atoms with E-state index < -0.39 is 12.4 Å². The van der Waals surface area contributed by atoms with Crippen molar-refractivity contribution in [2.75, 3.05) is 32.0 Å². The zero-order valence-electron chi connectivity index (χ0n) is 26.9. The third-order valence-corrected chi connectivity index (χ3v) is 8.25. The Kier molecular flexibility index (Phi) is 13.1. The number of aliphatic hydroxyl groups excluding tert-OH is 2. The van der Waals surface area contributed by atoms with Crippen LogP contribution in [0.15, 0.2) is 72.8 Å². The molecule has 10 nitrogen and oxygen atoms in total. The van der Waals surface area contributed by atoms with E-state index in [2.05, 4.69) is 17.6 Å². The summed E-state index contributed by atoms with van der Waals surface area (Å²) in [6.45, 7) is 4.99. The van der Waals surface area contributed by atoms with Gasteiger partial charge in [-0.05, 0) is 60.8 Å². The Morgan fingerprint density at radius 3 is 2.43 bits per heavy atom. The van der Waals surface area contributed by atoms with Crippen LogP contribution in [0.1, 0.15) is 80.3 Å². The Morgan fingerprint density at radius 2 is 1.72 bits per heavy atom. The zero-order valence-corrected chi connectivity index (χ0v) is 26.9. The second-order valence-corrected chi connectivity index (χ2v) is 12.1. The first-order chi connectivity index (χ1) is 22.1. The lowest BCUT2D eigenvalue weighted by Crippen LogP contribution is -2.44. The van der Waals surface area contributed by atoms with Crippen LogP contribution in [-0.4, -0.2) is 64.8 Å². The minimum atomic E-state index is -0.789. The summed E-state index contributed by atoms with van der Waals surface area (Å²) in [5, 5.41) is 36.0. The average Bonchev–Trinajstić information content (AvgIpc) is 3.03. The highest BCUT2D eigenvalue weighted by atomic mass is 16.7. The SMILES string of the molecule is CC(=O)NCCCCCC(=O)Nc1cccc([C@@H]2O[C@H](CN(C)C[C@@H](O)c3cccc(O)c3)[C@H](C)[C@H](c3ccc(CO)cc3)O2)c1. The van der Waals surface area contributed by atoms with Crippen LogP contribution in [0.4, 0.5) is 5.69 Å². The molecule has 3 aromatic carbocycles. The van der Waals surface area contributed by atoms with Crippen molar-refractivity contribution in [1.29, 1.82) is 0 Å². The third-order valence-electron chi connectivity index (χ3n) is 8.25. The Morgan fingerprint density at radius 1 is 0.957 bits per heavy atom.